The molecule has 2 nitrogen and oxygen atoms in total. The minimum Gasteiger partial charge on any atom is -0.392 e. The third kappa shape index (κ3) is 6.78. The van der Waals surface area contributed by atoms with Crippen molar-refractivity contribution in [2.24, 2.45) is 0 Å². The first-order chi connectivity index (χ1) is 21.8. The summed E-state index contributed by atoms with van der Waals surface area (Å²) in [6.07, 6.45) is -36.3. The molecule has 0 aliphatic rings. The first kappa shape index (κ1) is 48.2. The van der Waals surface area contributed by atoms with Gasteiger partial charge in [-0.25, -0.2) is 22.4 Å². The highest BCUT2D eigenvalue weighted by Gasteiger charge is 2.96. The van der Waals surface area contributed by atoms with Gasteiger partial charge in [0.1, 0.15) is 0 Å². The Balaban J connectivity index is 7.11. The predicted molar refractivity (Wildman–Crippen MR) is 101 cm³/mol. The van der Waals surface area contributed by atoms with Crippen molar-refractivity contribution in [1.82, 2.24) is 0 Å². The average Bonchev–Trinajstić information content (AvgIpc) is 2.92. The second-order valence-electron chi connectivity index (χ2n) is 9.41. The standard InChI is InChI=1S/C20H9F29O2/c1-2-3-4(5(21)9(25,26)11(29,30)12(31,32)10(27,28)6(22)7(23)24)8(50)51-20(48,49)18(43,44)16(39,40)14(35,36)13(33,34)15(37,38)17(41,42)19(45,46)47/h3,5-7H,2H2,1H3. The maximum absolute atomic E-state index is 14.4. The van der Waals surface area contributed by atoms with Crippen molar-refractivity contribution in [2.45, 2.75) is 104 Å². The van der Waals surface area contributed by atoms with Crippen molar-refractivity contribution in [1.29, 1.82) is 0 Å². The first-order valence-corrected chi connectivity index (χ1v) is 11.6. The van der Waals surface area contributed by atoms with Crippen LogP contribution in [0.5, 0.6) is 0 Å². The van der Waals surface area contributed by atoms with Crippen LogP contribution in [0.4, 0.5) is 127 Å². The molecule has 0 aromatic carbocycles. The molecule has 31 heteroatoms. The number of carbonyl (C=O) groups is 1. The molecule has 51 heavy (non-hydrogen) atoms. The molecule has 0 bridgehead atoms. The second-order valence-corrected chi connectivity index (χ2v) is 9.41. The fourth-order valence-electron chi connectivity index (χ4n) is 3.00. The summed E-state index contributed by atoms with van der Waals surface area (Å²) in [6.45, 7) is 0.288. The first-order valence-electron chi connectivity index (χ1n) is 11.6. The van der Waals surface area contributed by atoms with Gasteiger partial charge < -0.3 is 4.74 Å². The van der Waals surface area contributed by atoms with Gasteiger partial charge in [-0.05, 0) is 6.42 Å². The minimum atomic E-state index is -9.30. The predicted octanol–water partition coefficient (Wildman–Crippen LogP) is 10.3. The van der Waals surface area contributed by atoms with E-state index in [9.17, 15) is 132 Å². The third-order valence-electron chi connectivity index (χ3n) is 5.96. The number of allylic oxidation sites excluding steroid dienone is 1. The van der Waals surface area contributed by atoms with E-state index >= 15 is 0 Å². The van der Waals surface area contributed by atoms with Gasteiger partial charge in [0.05, 0.1) is 5.57 Å². The molecule has 0 saturated carbocycles. The minimum absolute atomic E-state index is 0.288. The Morgan fingerprint density at radius 3 is 1.12 bits per heavy atom. The van der Waals surface area contributed by atoms with E-state index in [2.05, 4.69) is 0 Å². The van der Waals surface area contributed by atoms with E-state index in [4.69, 9.17) is 0 Å². The van der Waals surface area contributed by atoms with Crippen LogP contribution in [-0.2, 0) is 9.53 Å². The molecule has 0 radical (unpaired) electrons. The largest absolute Gasteiger partial charge is 0.473 e. The summed E-state index contributed by atoms with van der Waals surface area (Å²) in [5, 5.41) is 0. The number of esters is 1. The summed E-state index contributed by atoms with van der Waals surface area (Å²) in [4.78, 5) is 11.7. The van der Waals surface area contributed by atoms with Crippen LogP contribution in [0.15, 0.2) is 11.6 Å². The SMILES string of the molecule is CCC=C(C(=O)OC(F)(F)C(F)(F)C(F)(F)C(F)(F)C(F)(F)C(F)(F)C(F)(F)C(F)(F)F)C(F)C(F)(F)C(F)(F)C(F)(F)C(F)(F)C(F)C(F)F. The van der Waals surface area contributed by atoms with E-state index in [0.717, 1.165) is 0 Å². The van der Waals surface area contributed by atoms with Gasteiger partial charge in [0.15, 0.2) is 0 Å². The number of carbonyl (C=O) groups excluding carboxylic acids is 1. The Hall–Kier alpha value is -2.82. The van der Waals surface area contributed by atoms with Gasteiger partial charge in [-0.1, -0.05) is 13.0 Å². The lowest BCUT2D eigenvalue weighted by atomic mass is 9.90. The molecule has 0 fully saturated rings. The quantitative estimate of drug-likeness (QED) is 0.0880. The van der Waals surface area contributed by atoms with E-state index in [1.807, 2.05) is 4.74 Å². The molecular weight excluding hydrogens is 823 g/mol. The fourth-order valence-corrected chi connectivity index (χ4v) is 3.00. The Morgan fingerprint density at radius 2 is 0.804 bits per heavy atom. The second kappa shape index (κ2) is 13.2. The molecular formula is C20H9F29O2. The average molecular weight is 832 g/mol. The highest BCUT2D eigenvalue weighted by Crippen LogP contribution is 2.64. The summed E-state index contributed by atoms with van der Waals surface area (Å²) >= 11 is 0. The van der Waals surface area contributed by atoms with Gasteiger partial charge in [-0.3, -0.25) is 0 Å². The number of hydrogen-bond acceptors (Lipinski definition) is 2. The van der Waals surface area contributed by atoms with Crippen LogP contribution in [-0.4, -0.2) is 96.2 Å². The molecule has 0 aromatic rings. The normalized spacial score (nSPS) is 17.5. The third-order valence-corrected chi connectivity index (χ3v) is 5.96. The van der Waals surface area contributed by atoms with Gasteiger partial charge in [0.2, 0.25) is 12.3 Å². The van der Waals surface area contributed by atoms with Crippen molar-refractivity contribution < 1.29 is 137 Å². The molecule has 0 N–H and O–H groups in total. The number of rotatable bonds is 16. The maximum atomic E-state index is 14.4. The summed E-state index contributed by atoms with van der Waals surface area (Å²) in [6, 6.07) is 0. The van der Waals surface area contributed by atoms with Gasteiger partial charge in [0, 0.05) is 0 Å². The van der Waals surface area contributed by atoms with Crippen LogP contribution >= 0.6 is 0 Å². The number of halogens is 29. The van der Waals surface area contributed by atoms with Crippen molar-refractivity contribution >= 4 is 5.97 Å². The molecule has 0 aliphatic carbocycles. The summed E-state index contributed by atoms with van der Waals surface area (Å²) in [5.74, 6) is -90.8. The zero-order valence-corrected chi connectivity index (χ0v) is 22.8. The lowest BCUT2D eigenvalue weighted by Gasteiger charge is -2.42. The highest BCUT2D eigenvalue weighted by atomic mass is 19.4. The number of hydrogen-bond donors (Lipinski definition) is 0. The highest BCUT2D eigenvalue weighted by molar-refractivity contribution is 5.90. The maximum Gasteiger partial charge on any atom is 0.473 e. The lowest BCUT2D eigenvalue weighted by molar-refractivity contribution is -0.473. The van der Waals surface area contributed by atoms with Crippen molar-refractivity contribution in [3.63, 3.8) is 0 Å². The molecule has 0 heterocycles. The van der Waals surface area contributed by atoms with E-state index in [1.54, 1.807) is 0 Å². The smallest absolute Gasteiger partial charge is 0.392 e. The van der Waals surface area contributed by atoms with Crippen molar-refractivity contribution in [2.75, 3.05) is 0 Å². The van der Waals surface area contributed by atoms with E-state index in [1.165, 1.54) is 0 Å². The van der Waals surface area contributed by atoms with Crippen LogP contribution < -0.4 is 0 Å². The van der Waals surface area contributed by atoms with Gasteiger partial charge in [0.25, 0.3) is 6.43 Å². The van der Waals surface area contributed by atoms with E-state index in [-0.39, 0.29) is 6.92 Å². The summed E-state index contributed by atoms with van der Waals surface area (Å²) in [5.41, 5.74) is -3.64. The Morgan fingerprint density at radius 1 is 0.490 bits per heavy atom. The number of alkyl halides is 29. The van der Waals surface area contributed by atoms with E-state index < -0.39 is 114 Å². The monoisotopic (exact) mass is 832 g/mol. The van der Waals surface area contributed by atoms with Crippen LogP contribution in [0.2, 0.25) is 0 Å². The molecule has 0 rings (SSSR count). The summed E-state index contributed by atoms with van der Waals surface area (Å²) in [7, 11) is 0. The summed E-state index contributed by atoms with van der Waals surface area (Å²) < 4.78 is 389. The fraction of sp³-hybridized carbons (Fsp3) is 0.850. The molecule has 2 atom stereocenters. The van der Waals surface area contributed by atoms with E-state index in [0.29, 0.717) is 0 Å². The van der Waals surface area contributed by atoms with Crippen LogP contribution in [0, 0.1) is 0 Å². The van der Waals surface area contributed by atoms with Crippen molar-refractivity contribution in [3.8, 4) is 0 Å². The Bertz CT molecular complexity index is 1270. The van der Waals surface area contributed by atoms with Crippen LogP contribution in [0.3, 0.4) is 0 Å². The lowest BCUT2D eigenvalue weighted by Crippen LogP contribution is -2.74. The van der Waals surface area contributed by atoms with Crippen LogP contribution in [0.1, 0.15) is 13.3 Å². The Kier molecular flexibility index (Phi) is 12.5. The van der Waals surface area contributed by atoms with Crippen molar-refractivity contribution in [3.05, 3.63) is 11.6 Å². The molecule has 2 unspecified atom stereocenters. The molecule has 304 valence electrons. The van der Waals surface area contributed by atoms with Gasteiger partial charge in [-0.15, -0.1) is 0 Å². The zero-order valence-electron chi connectivity index (χ0n) is 22.8. The molecule has 0 amide bonds. The topological polar surface area (TPSA) is 26.3 Å². The van der Waals surface area contributed by atoms with Crippen LogP contribution in [0.25, 0.3) is 0 Å². The number of ether oxygens (including phenoxy) is 1. The Labute approximate surface area is 259 Å². The molecule has 0 aliphatic heterocycles. The van der Waals surface area contributed by atoms with Gasteiger partial charge >= 0.3 is 77.5 Å². The molecule has 0 saturated heterocycles. The zero-order chi connectivity index (χ0) is 42.0. The molecule has 0 aromatic heterocycles. The van der Waals surface area contributed by atoms with Gasteiger partial charge in [-0.2, -0.15) is 110 Å². The molecule has 0 spiro atoms.